The lowest BCUT2D eigenvalue weighted by molar-refractivity contribution is -0.297. The first-order valence-corrected chi connectivity index (χ1v) is 23.5. The van der Waals surface area contributed by atoms with Gasteiger partial charge in [-0.25, -0.2) is 0 Å². The maximum atomic E-state index is 12.8. The molecule has 0 aromatic rings. The molecule has 1 heterocycles. The van der Waals surface area contributed by atoms with Gasteiger partial charge in [-0.15, -0.1) is 0 Å². The molecule has 2 unspecified atom stereocenters. The number of hydrogen-bond donors (Lipinski definition) is 4. The van der Waals surface area contributed by atoms with E-state index in [1.165, 1.54) is 83.5 Å². The van der Waals surface area contributed by atoms with Gasteiger partial charge in [0, 0.05) is 12.8 Å². The van der Waals surface area contributed by atoms with Gasteiger partial charge in [0.05, 0.1) is 6.61 Å². The van der Waals surface area contributed by atoms with Gasteiger partial charge in [0.2, 0.25) is 0 Å². The summed E-state index contributed by atoms with van der Waals surface area (Å²) < 4.78 is 54.0. The maximum Gasteiger partial charge on any atom is 0.306 e. The molecule has 1 aliphatic rings. The van der Waals surface area contributed by atoms with Crippen LogP contribution in [0.1, 0.15) is 181 Å². The summed E-state index contributed by atoms with van der Waals surface area (Å²) in [4.78, 5) is 25.3. The second kappa shape index (κ2) is 34.0. The van der Waals surface area contributed by atoms with Crippen LogP contribution >= 0.6 is 0 Å². The lowest BCUT2D eigenvalue weighted by Crippen LogP contribution is -2.60. The van der Waals surface area contributed by atoms with Crippen LogP contribution in [0, 0.1) is 0 Å². The minimum atomic E-state index is -4.60. The predicted octanol–water partition coefficient (Wildman–Crippen LogP) is 8.45. The van der Waals surface area contributed by atoms with Crippen molar-refractivity contribution in [3.05, 3.63) is 24.3 Å². The summed E-state index contributed by atoms with van der Waals surface area (Å²) in [6, 6.07) is 0. The van der Waals surface area contributed by atoms with Crippen molar-refractivity contribution in [1.82, 2.24) is 0 Å². The first-order chi connectivity index (χ1) is 27.0. The molecule has 12 nitrogen and oxygen atoms in total. The van der Waals surface area contributed by atoms with Crippen LogP contribution < -0.4 is 0 Å². The molecule has 0 bridgehead atoms. The Hall–Kier alpha value is -1.87. The molecule has 0 aliphatic carbocycles. The Morgan fingerprint density at radius 1 is 0.607 bits per heavy atom. The minimum absolute atomic E-state index is 0.158. The fraction of sp³-hybridized carbons (Fsp3) is 0.860. The van der Waals surface area contributed by atoms with Gasteiger partial charge in [0.15, 0.2) is 12.4 Å². The van der Waals surface area contributed by atoms with Gasteiger partial charge in [-0.1, -0.05) is 147 Å². The monoisotopic (exact) mass is 819 g/mol. The first kappa shape index (κ1) is 52.1. The molecule has 328 valence electrons. The molecular formula is C43H78O12S. The summed E-state index contributed by atoms with van der Waals surface area (Å²) in [6.45, 7) is 3.71. The van der Waals surface area contributed by atoms with Crippen molar-refractivity contribution in [3.8, 4) is 0 Å². The molecule has 1 fully saturated rings. The van der Waals surface area contributed by atoms with Gasteiger partial charge in [0.25, 0.3) is 10.1 Å². The van der Waals surface area contributed by atoms with E-state index < -0.39 is 71.2 Å². The number of esters is 2. The Morgan fingerprint density at radius 3 is 1.61 bits per heavy atom. The third-order valence-corrected chi connectivity index (χ3v) is 10.8. The summed E-state index contributed by atoms with van der Waals surface area (Å²) in [6.07, 6.45) is 26.5. The van der Waals surface area contributed by atoms with Crippen LogP contribution in [0.2, 0.25) is 0 Å². The first-order valence-electron chi connectivity index (χ1n) is 21.9. The fourth-order valence-electron chi connectivity index (χ4n) is 6.59. The Balaban J connectivity index is 2.46. The Kier molecular flexibility index (Phi) is 31.7. The highest BCUT2D eigenvalue weighted by molar-refractivity contribution is 7.85. The van der Waals surface area contributed by atoms with Gasteiger partial charge in [0.1, 0.15) is 36.8 Å². The Morgan fingerprint density at radius 2 is 1.07 bits per heavy atom. The van der Waals surface area contributed by atoms with Crippen molar-refractivity contribution in [1.29, 1.82) is 0 Å². The Bertz CT molecular complexity index is 1140. The zero-order valence-electron chi connectivity index (χ0n) is 34.7. The zero-order chi connectivity index (χ0) is 41.3. The van der Waals surface area contributed by atoms with E-state index in [0.29, 0.717) is 12.8 Å². The second-order valence-electron chi connectivity index (χ2n) is 15.4. The molecular weight excluding hydrogens is 741 g/mol. The molecule has 1 aliphatic heterocycles. The third-order valence-electron chi connectivity index (χ3n) is 10.0. The smallest absolute Gasteiger partial charge is 0.306 e. The minimum Gasteiger partial charge on any atom is -0.462 e. The van der Waals surface area contributed by atoms with Gasteiger partial charge >= 0.3 is 11.9 Å². The highest BCUT2D eigenvalue weighted by Gasteiger charge is 2.46. The van der Waals surface area contributed by atoms with E-state index in [-0.39, 0.29) is 19.4 Å². The van der Waals surface area contributed by atoms with Crippen LogP contribution in [-0.2, 0) is 38.7 Å². The highest BCUT2D eigenvalue weighted by Crippen LogP contribution is 2.24. The van der Waals surface area contributed by atoms with Crippen LogP contribution in [0.15, 0.2) is 24.3 Å². The van der Waals surface area contributed by atoms with E-state index in [4.69, 9.17) is 18.9 Å². The van der Waals surface area contributed by atoms with Gasteiger partial charge in [-0.3, -0.25) is 14.1 Å². The molecule has 13 heteroatoms. The van der Waals surface area contributed by atoms with E-state index >= 15 is 0 Å². The lowest BCUT2D eigenvalue weighted by Gasteiger charge is -2.40. The quantitative estimate of drug-likeness (QED) is 0.0205. The van der Waals surface area contributed by atoms with Crippen molar-refractivity contribution < 1.29 is 56.8 Å². The van der Waals surface area contributed by atoms with Gasteiger partial charge < -0.3 is 34.3 Å². The van der Waals surface area contributed by atoms with Crippen LogP contribution in [-0.4, -0.2) is 96.0 Å². The third kappa shape index (κ3) is 28.5. The summed E-state index contributed by atoms with van der Waals surface area (Å²) in [5.74, 6) is -1.99. The molecule has 0 aromatic heterocycles. The number of hydrogen-bond acceptors (Lipinski definition) is 11. The van der Waals surface area contributed by atoms with E-state index in [1.54, 1.807) is 0 Å². The second-order valence-corrected chi connectivity index (χ2v) is 16.9. The standard InChI is InChI=1S/C43H78O12S/c1-3-5-7-9-11-13-15-16-17-18-19-20-22-24-26-28-30-32-39(45)54-36(33-52-38(44)31-29-27-25-23-21-14-12-10-8-6-4-2)34-53-43-42(48)41(47)40(46)37(55-43)35-56(49,50)51/h11,13,16-17,36-37,40-43,46-48H,3-10,12,14-15,18-35H2,1-2H3,(H,49,50,51)/b13-11+,17-16+/t36-,37-,40-,41?,42?,43+/m1/s1. The number of rotatable bonds is 36. The molecule has 0 spiro atoms. The average Bonchev–Trinajstić information content (AvgIpc) is 3.16. The number of carbonyl (C=O) groups excluding carboxylic acids is 2. The summed E-state index contributed by atoms with van der Waals surface area (Å²) in [7, 11) is -4.60. The van der Waals surface area contributed by atoms with Crippen molar-refractivity contribution in [2.45, 2.75) is 218 Å². The van der Waals surface area contributed by atoms with Crippen LogP contribution in [0.4, 0.5) is 0 Å². The molecule has 0 saturated carbocycles. The number of ether oxygens (including phenoxy) is 4. The molecule has 1 saturated heterocycles. The number of aliphatic hydroxyl groups is 3. The summed E-state index contributed by atoms with van der Waals surface area (Å²) >= 11 is 0. The molecule has 4 N–H and O–H groups in total. The molecule has 0 radical (unpaired) electrons. The normalized spacial score (nSPS) is 20.9. The van der Waals surface area contributed by atoms with E-state index in [1.807, 2.05) is 0 Å². The van der Waals surface area contributed by atoms with Gasteiger partial charge in [-0.05, 0) is 44.9 Å². The maximum absolute atomic E-state index is 12.8. The van der Waals surface area contributed by atoms with Crippen LogP contribution in [0.3, 0.4) is 0 Å². The predicted molar refractivity (Wildman–Crippen MR) is 220 cm³/mol. The lowest BCUT2D eigenvalue weighted by atomic mass is 10.00. The molecule has 1 rings (SSSR count). The summed E-state index contributed by atoms with van der Waals surface area (Å²) in [5.41, 5.74) is 0. The topological polar surface area (TPSA) is 186 Å². The number of unbranched alkanes of at least 4 members (excludes halogenated alkanes) is 20. The van der Waals surface area contributed by atoms with Crippen LogP contribution in [0.25, 0.3) is 0 Å². The number of aliphatic hydroxyl groups excluding tert-OH is 3. The van der Waals surface area contributed by atoms with Gasteiger partial charge in [-0.2, -0.15) is 8.42 Å². The van der Waals surface area contributed by atoms with Crippen molar-refractivity contribution >= 4 is 22.1 Å². The van der Waals surface area contributed by atoms with Crippen molar-refractivity contribution in [2.75, 3.05) is 19.0 Å². The number of allylic oxidation sites excluding steroid dienone is 4. The Labute approximate surface area is 338 Å². The SMILES string of the molecule is CCCCC/C=C/C/C=C/CCCCCCCCCC(=O)O[C@H](COC(=O)CCCCCCCCCCCCC)CO[C@H]1O[C@H](CS(=O)(=O)O)[C@@H](O)C(O)C1O. The fourth-order valence-corrected chi connectivity index (χ4v) is 7.28. The molecule has 6 atom stereocenters. The number of carbonyl (C=O) groups is 2. The molecule has 56 heavy (non-hydrogen) atoms. The van der Waals surface area contributed by atoms with Crippen LogP contribution in [0.5, 0.6) is 0 Å². The zero-order valence-corrected chi connectivity index (χ0v) is 35.6. The van der Waals surface area contributed by atoms with E-state index in [0.717, 1.165) is 57.8 Å². The molecule has 0 aromatic carbocycles. The highest BCUT2D eigenvalue weighted by atomic mass is 32.2. The van der Waals surface area contributed by atoms with E-state index in [9.17, 15) is 37.9 Å². The largest absolute Gasteiger partial charge is 0.462 e. The molecule has 0 amide bonds. The van der Waals surface area contributed by atoms with Crippen molar-refractivity contribution in [2.24, 2.45) is 0 Å². The summed E-state index contributed by atoms with van der Waals surface area (Å²) in [5, 5.41) is 30.8. The van der Waals surface area contributed by atoms with E-state index in [2.05, 4.69) is 38.2 Å². The average molecular weight is 819 g/mol. The van der Waals surface area contributed by atoms with Crippen molar-refractivity contribution in [3.63, 3.8) is 0 Å².